The Morgan fingerprint density at radius 2 is 1.77 bits per heavy atom. The molecule has 0 unspecified atom stereocenters. The molecule has 7 nitrogen and oxygen atoms in total. The van der Waals surface area contributed by atoms with E-state index in [1.165, 1.54) is 22.5 Å². The number of sulfonamides is 1. The number of hydrogen-bond acceptors (Lipinski definition) is 5. The average Bonchev–Trinajstić information content (AvgIpc) is 3.29. The second kappa shape index (κ2) is 9.68. The fourth-order valence-electron chi connectivity index (χ4n) is 3.37. The molecule has 0 bridgehead atoms. The highest BCUT2D eigenvalue weighted by atomic mass is 35.5. The van der Waals surface area contributed by atoms with Crippen LogP contribution in [0, 0.1) is 0 Å². The van der Waals surface area contributed by atoms with Crippen LogP contribution in [-0.2, 0) is 16.4 Å². The van der Waals surface area contributed by atoms with Crippen LogP contribution < -0.4 is 14.8 Å². The summed E-state index contributed by atoms with van der Waals surface area (Å²) < 4.78 is 37.5. The number of ether oxygens (including phenoxy) is 2. The predicted molar refractivity (Wildman–Crippen MR) is 115 cm³/mol. The molecule has 2 aromatic rings. The van der Waals surface area contributed by atoms with Crippen LogP contribution in [-0.4, -0.2) is 52.5 Å². The fourth-order valence-corrected chi connectivity index (χ4v) is 5.12. The van der Waals surface area contributed by atoms with Crippen LogP contribution in [0.3, 0.4) is 0 Å². The average molecular weight is 453 g/mol. The van der Waals surface area contributed by atoms with E-state index in [4.69, 9.17) is 21.1 Å². The van der Waals surface area contributed by atoms with Gasteiger partial charge in [-0.05, 0) is 55.2 Å². The molecular weight excluding hydrogens is 428 g/mol. The number of nitrogens with one attached hydrogen (secondary N) is 1. The Kier molecular flexibility index (Phi) is 7.23. The highest BCUT2D eigenvalue weighted by Crippen LogP contribution is 2.28. The van der Waals surface area contributed by atoms with Crippen molar-refractivity contribution in [2.24, 2.45) is 0 Å². The third kappa shape index (κ3) is 4.88. The lowest BCUT2D eigenvalue weighted by Crippen LogP contribution is -2.29. The van der Waals surface area contributed by atoms with Crippen molar-refractivity contribution in [3.8, 4) is 11.5 Å². The molecule has 0 radical (unpaired) electrons. The summed E-state index contributed by atoms with van der Waals surface area (Å²) in [6.07, 6.45) is 2.25. The van der Waals surface area contributed by atoms with Gasteiger partial charge in [-0.1, -0.05) is 17.7 Å². The number of nitrogens with zero attached hydrogens (tertiary/aromatic N) is 1. The van der Waals surface area contributed by atoms with Gasteiger partial charge in [0.15, 0.2) is 11.5 Å². The first kappa shape index (κ1) is 22.4. The lowest BCUT2D eigenvalue weighted by molar-refractivity contribution is 0.0954. The molecule has 1 fully saturated rings. The Bertz CT molecular complexity index is 1020. The zero-order valence-electron chi connectivity index (χ0n) is 17.0. The standard InChI is InChI=1S/C21H25ClN2O5S/c1-28-19-8-5-15(13-20(19)29-2)9-10-23-21(25)17-14-16(6-7-18(17)22)30(26,27)24-11-3-4-12-24/h5-8,13-14H,3-4,9-12H2,1-2H3,(H,23,25). The van der Waals surface area contributed by atoms with Crippen molar-refractivity contribution < 1.29 is 22.7 Å². The van der Waals surface area contributed by atoms with Gasteiger partial charge in [0.05, 0.1) is 29.7 Å². The summed E-state index contributed by atoms with van der Waals surface area (Å²) in [6.45, 7) is 1.35. The van der Waals surface area contributed by atoms with Gasteiger partial charge in [-0.25, -0.2) is 8.42 Å². The zero-order valence-corrected chi connectivity index (χ0v) is 18.6. The second-order valence-corrected chi connectivity index (χ2v) is 9.29. The number of benzene rings is 2. The van der Waals surface area contributed by atoms with Crippen molar-refractivity contribution in [3.63, 3.8) is 0 Å². The van der Waals surface area contributed by atoms with Crippen LogP contribution in [0.2, 0.25) is 5.02 Å². The summed E-state index contributed by atoms with van der Waals surface area (Å²) in [4.78, 5) is 12.7. The minimum Gasteiger partial charge on any atom is -0.493 e. The van der Waals surface area contributed by atoms with Crippen LogP contribution in [0.5, 0.6) is 11.5 Å². The van der Waals surface area contributed by atoms with Gasteiger partial charge in [0.2, 0.25) is 10.0 Å². The first-order valence-electron chi connectivity index (χ1n) is 9.65. The first-order valence-corrected chi connectivity index (χ1v) is 11.5. The van der Waals surface area contributed by atoms with Crippen LogP contribution in [0.1, 0.15) is 28.8 Å². The predicted octanol–water partition coefficient (Wildman–Crippen LogP) is 3.11. The first-order chi connectivity index (χ1) is 14.4. The summed E-state index contributed by atoms with van der Waals surface area (Å²) in [6, 6.07) is 9.79. The van der Waals surface area contributed by atoms with Gasteiger partial charge in [-0.15, -0.1) is 0 Å². The second-order valence-electron chi connectivity index (χ2n) is 6.95. The van der Waals surface area contributed by atoms with Crippen molar-refractivity contribution in [3.05, 3.63) is 52.5 Å². The Hall–Kier alpha value is -2.29. The molecule has 0 saturated carbocycles. The van der Waals surface area contributed by atoms with Gasteiger partial charge in [-0.3, -0.25) is 4.79 Å². The third-order valence-electron chi connectivity index (χ3n) is 5.03. The molecule has 3 rings (SSSR count). The topological polar surface area (TPSA) is 84.9 Å². The number of carbonyl (C=O) groups is 1. The SMILES string of the molecule is COc1ccc(CCNC(=O)c2cc(S(=O)(=O)N3CCCC3)ccc2Cl)cc1OC. The van der Waals surface area contributed by atoms with E-state index in [0.717, 1.165) is 18.4 Å². The number of hydrogen-bond donors (Lipinski definition) is 1. The van der Waals surface area contributed by atoms with Gasteiger partial charge in [-0.2, -0.15) is 4.31 Å². The highest BCUT2D eigenvalue weighted by Gasteiger charge is 2.28. The molecule has 2 aromatic carbocycles. The van der Waals surface area contributed by atoms with Gasteiger partial charge in [0.1, 0.15) is 0 Å². The number of rotatable bonds is 8. The molecule has 1 aliphatic rings. The molecule has 1 heterocycles. The largest absolute Gasteiger partial charge is 0.493 e. The summed E-state index contributed by atoms with van der Waals surface area (Å²) in [5.74, 6) is 0.830. The zero-order chi connectivity index (χ0) is 21.7. The molecule has 1 saturated heterocycles. The molecule has 30 heavy (non-hydrogen) atoms. The molecule has 1 N–H and O–H groups in total. The van der Waals surface area contributed by atoms with Crippen molar-refractivity contribution in [2.75, 3.05) is 33.9 Å². The third-order valence-corrected chi connectivity index (χ3v) is 7.26. The molecule has 1 amide bonds. The quantitative estimate of drug-likeness (QED) is 0.665. The molecule has 0 aromatic heterocycles. The smallest absolute Gasteiger partial charge is 0.252 e. The van der Waals surface area contributed by atoms with E-state index in [9.17, 15) is 13.2 Å². The Morgan fingerprint density at radius 1 is 1.07 bits per heavy atom. The molecule has 0 atom stereocenters. The maximum absolute atomic E-state index is 12.8. The van der Waals surface area contributed by atoms with Gasteiger partial charge in [0.25, 0.3) is 5.91 Å². The molecule has 162 valence electrons. The van der Waals surface area contributed by atoms with Gasteiger partial charge >= 0.3 is 0 Å². The highest BCUT2D eigenvalue weighted by molar-refractivity contribution is 7.89. The number of amides is 1. The number of carbonyl (C=O) groups excluding carboxylic acids is 1. The molecule has 1 aliphatic heterocycles. The van der Waals surface area contributed by atoms with E-state index in [1.54, 1.807) is 20.3 Å². The summed E-state index contributed by atoms with van der Waals surface area (Å²) in [5, 5.41) is 3.01. The fraction of sp³-hybridized carbons (Fsp3) is 0.381. The Balaban J connectivity index is 1.68. The Labute approximate surface area is 182 Å². The van der Waals surface area contributed by atoms with Crippen molar-refractivity contribution in [1.29, 1.82) is 0 Å². The summed E-state index contributed by atoms with van der Waals surface area (Å²) in [5.41, 5.74) is 1.11. The van der Waals surface area contributed by atoms with E-state index in [-0.39, 0.29) is 15.5 Å². The minimum atomic E-state index is -3.62. The van der Waals surface area contributed by atoms with E-state index >= 15 is 0 Å². The van der Waals surface area contributed by atoms with Crippen LogP contribution >= 0.6 is 11.6 Å². The van der Waals surface area contributed by atoms with E-state index < -0.39 is 15.9 Å². The molecule has 0 aliphatic carbocycles. The summed E-state index contributed by atoms with van der Waals surface area (Å²) >= 11 is 6.17. The Morgan fingerprint density at radius 3 is 2.43 bits per heavy atom. The van der Waals surface area contributed by atoms with Crippen molar-refractivity contribution in [2.45, 2.75) is 24.2 Å². The van der Waals surface area contributed by atoms with E-state index in [2.05, 4.69) is 5.32 Å². The van der Waals surface area contributed by atoms with Crippen molar-refractivity contribution in [1.82, 2.24) is 9.62 Å². The molecule has 9 heteroatoms. The van der Waals surface area contributed by atoms with Gasteiger partial charge in [0, 0.05) is 19.6 Å². The monoisotopic (exact) mass is 452 g/mol. The maximum Gasteiger partial charge on any atom is 0.252 e. The van der Waals surface area contributed by atoms with Crippen LogP contribution in [0.4, 0.5) is 0 Å². The van der Waals surface area contributed by atoms with E-state index in [0.29, 0.717) is 37.6 Å². The molecule has 0 spiro atoms. The van der Waals surface area contributed by atoms with E-state index in [1.807, 2.05) is 12.1 Å². The maximum atomic E-state index is 12.8. The number of halogens is 1. The number of methoxy groups -OCH3 is 2. The van der Waals surface area contributed by atoms with Crippen molar-refractivity contribution >= 4 is 27.5 Å². The minimum absolute atomic E-state index is 0.0823. The van der Waals surface area contributed by atoms with Gasteiger partial charge < -0.3 is 14.8 Å². The normalized spacial score (nSPS) is 14.5. The lowest BCUT2D eigenvalue weighted by atomic mass is 10.1. The van der Waals surface area contributed by atoms with Crippen LogP contribution in [0.25, 0.3) is 0 Å². The van der Waals surface area contributed by atoms with Crippen LogP contribution in [0.15, 0.2) is 41.3 Å². The summed E-state index contributed by atoms with van der Waals surface area (Å²) in [7, 11) is -0.487. The molecular formula is C21H25ClN2O5S. The lowest BCUT2D eigenvalue weighted by Gasteiger charge is -2.16.